The molecule has 2 aromatic carbocycles. The largest absolute Gasteiger partial charge is 0.399 e. The number of anilines is 1. The van der Waals surface area contributed by atoms with Crippen LogP contribution in [0.15, 0.2) is 40.9 Å². The van der Waals surface area contributed by atoms with Gasteiger partial charge in [0.15, 0.2) is 5.82 Å². The zero-order chi connectivity index (χ0) is 15.0. The topological polar surface area (TPSA) is 69.6 Å². The highest BCUT2D eigenvalue weighted by atomic mass is 79.9. The zero-order valence-electron chi connectivity index (χ0n) is 11.1. The minimum Gasteiger partial charge on any atom is -0.399 e. The highest BCUT2D eigenvalue weighted by Crippen LogP contribution is 2.26. The van der Waals surface area contributed by atoms with Crippen LogP contribution in [0.1, 0.15) is 5.56 Å². The van der Waals surface area contributed by atoms with E-state index in [9.17, 15) is 4.39 Å². The van der Waals surface area contributed by atoms with E-state index in [1.165, 1.54) is 6.07 Å². The van der Waals surface area contributed by atoms with E-state index >= 15 is 0 Å². The second-order valence-corrected chi connectivity index (χ2v) is 5.44. The summed E-state index contributed by atoms with van der Waals surface area (Å²) in [5, 5.41) is 11.7. The molecule has 5 nitrogen and oxygen atoms in total. The monoisotopic (exact) mass is 347 g/mol. The van der Waals surface area contributed by atoms with Gasteiger partial charge in [0.25, 0.3) is 0 Å². The van der Waals surface area contributed by atoms with Crippen molar-refractivity contribution in [2.75, 3.05) is 5.73 Å². The van der Waals surface area contributed by atoms with E-state index in [0.717, 1.165) is 11.1 Å². The summed E-state index contributed by atoms with van der Waals surface area (Å²) in [5.74, 6) is 0.245. The Morgan fingerprint density at radius 3 is 2.62 bits per heavy atom. The van der Waals surface area contributed by atoms with E-state index in [4.69, 9.17) is 5.73 Å². The SMILES string of the molecule is Cc1cc(F)c(Br)cc1-n1nnnc1-c1ccc(N)cc1. The lowest BCUT2D eigenvalue weighted by Crippen LogP contribution is -2.03. The van der Waals surface area contributed by atoms with E-state index < -0.39 is 0 Å². The van der Waals surface area contributed by atoms with Crippen LogP contribution in [0.5, 0.6) is 0 Å². The van der Waals surface area contributed by atoms with Crippen molar-refractivity contribution >= 4 is 21.6 Å². The summed E-state index contributed by atoms with van der Waals surface area (Å²) >= 11 is 3.18. The predicted molar refractivity (Wildman–Crippen MR) is 81.4 cm³/mol. The van der Waals surface area contributed by atoms with E-state index in [2.05, 4.69) is 31.5 Å². The summed E-state index contributed by atoms with van der Waals surface area (Å²) < 4.78 is 15.5. The lowest BCUT2D eigenvalue weighted by molar-refractivity contribution is 0.618. The van der Waals surface area contributed by atoms with Crippen LogP contribution in [-0.2, 0) is 0 Å². The normalized spacial score (nSPS) is 10.8. The summed E-state index contributed by atoms with van der Waals surface area (Å²) in [4.78, 5) is 0. The lowest BCUT2D eigenvalue weighted by Gasteiger charge is -2.09. The molecule has 0 unspecified atom stereocenters. The molecular formula is C14H11BrFN5. The standard InChI is InChI=1S/C14H11BrFN5/c1-8-6-12(16)11(15)7-13(8)21-14(18-19-20-21)9-2-4-10(17)5-3-9/h2-7H,17H2,1H3. The van der Waals surface area contributed by atoms with Gasteiger partial charge in [-0.15, -0.1) is 5.10 Å². The van der Waals surface area contributed by atoms with Crippen molar-refractivity contribution in [1.29, 1.82) is 0 Å². The fraction of sp³-hybridized carbons (Fsp3) is 0.0714. The number of nitrogens with two attached hydrogens (primary N) is 1. The van der Waals surface area contributed by atoms with E-state index in [0.29, 0.717) is 21.7 Å². The smallest absolute Gasteiger partial charge is 0.187 e. The first-order chi connectivity index (χ1) is 10.1. The van der Waals surface area contributed by atoms with Gasteiger partial charge in [0, 0.05) is 11.3 Å². The van der Waals surface area contributed by atoms with Crippen LogP contribution < -0.4 is 5.73 Å². The number of benzene rings is 2. The highest BCUT2D eigenvalue weighted by Gasteiger charge is 2.14. The molecule has 0 aliphatic carbocycles. The van der Waals surface area contributed by atoms with Gasteiger partial charge < -0.3 is 5.73 Å². The number of nitrogens with zero attached hydrogens (tertiary/aromatic N) is 4. The van der Waals surface area contributed by atoms with Crippen molar-refractivity contribution < 1.29 is 4.39 Å². The van der Waals surface area contributed by atoms with Crippen LogP contribution in [0.2, 0.25) is 0 Å². The molecule has 0 radical (unpaired) electrons. The van der Waals surface area contributed by atoms with Crippen LogP contribution in [0.4, 0.5) is 10.1 Å². The lowest BCUT2D eigenvalue weighted by atomic mass is 10.1. The molecule has 2 N–H and O–H groups in total. The molecule has 0 fully saturated rings. The highest BCUT2D eigenvalue weighted by molar-refractivity contribution is 9.10. The first-order valence-corrected chi connectivity index (χ1v) is 6.96. The summed E-state index contributed by atoms with van der Waals surface area (Å²) in [6.45, 7) is 1.80. The van der Waals surface area contributed by atoms with E-state index in [1.807, 2.05) is 12.1 Å². The van der Waals surface area contributed by atoms with Crippen molar-refractivity contribution in [3.63, 3.8) is 0 Å². The summed E-state index contributed by atoms with van der Waals surface area (Å²) in [6, 6.07) is 10.3. The summed E-state index contributed by atoms with van der Waals surface area (Å²) in [7, 11) is 0. The minimum atomic E-state index is -0.321. The average Bonchev–Trinajstić information content (AvgIpc) is 2.93. The van der Waals surface area contributed by atoms with Crippen molar-refractivity contribution in [2.24, 2.45) is 0 Å². The van der Waals surface area contributed by atoms with Gasteiger partial charge >= 0.3 is 0 Å². The van der Waals surface area contributed by atoms with Crippen molar-refractivity contribution in [1.82, 2.24) is 20.2 Å². The van der Waals surface area contributed by atoms with Crippen molar-refractivity contribution in [3.05, 3.63) is 52.3 Å². The number of hydrogen-bond donors (Lipinski definition) is 1. The molecule has 0 saturated heterocycles. The number of tetrazole rings is 1. The molecule has 0 saturated carbocycles. The van der Waals surface area contributed by atoms with Crippen LogP contribution in [0.3, 0.4) is 0 Å². The Morgan fingerprint density at radius 2 is 1.90 bits per heavy atom. The van der Waals surface area contributed by atoms with E-state index in [1.54, 1.807) is 29.8 Å². The van der Waals surface area contributed by atoms with Crippen LogP contribution >= 0.6 is 15.9 Å². The molecular weight excluding hydrogens is 337 g/mol. The summed E-state index contributed by atoms with van der Waals surface area (Å²) in [6.07, 6.45) is 0. The second kappa shape index (κ2) is 5.25. The quantitative estimate of drug-likeness (QED) is 0.723. The Bertz CT molecular complexity index is 798. The molecule has 0 bridgehead atoms. The molecule has 0 spiro atoms. The average molecular weight is 348 g/mol. The fourth-order valence-electron chi connectivity index (χ4n) is 2.03. The Morgan fingerprint density at radius 1 is 1.19 bits per heavy atom. The Balaban J connectivity index is 2.15. The van der Waals surface area contributed by atoms with Gasteiger partial charge in [-0.1, -0.05) is 0 Å². The second-order valence-electron chi connectivity index (χ2n) is 4.59. The number of aromatic nitrogens is 4. The first-order valence-electron chi connectivity index (χ1n) is 6.16. The van der Waals surface area contributed by atoms with Gasteiger partial charge in [-0.2, -0.15) is 4.68 Å². The van der Waals surface area contributed by atoms with Crippen LogP contribution in [0, 0.1) is 12.7 Å². The third-order valence-electron chi connectivity index (χ3n) is 3.11. The number of rotatable bonds is 2. The molecule has 7 heteroatoms. The van der Waals surface area contributed by atoms with Crippen LogP contribution in [0.25, 0.3) is 17.1 Å². The number of nitrogen functional groups attached to an aromatic ring is 1. The third-order valence-corrected chi connectivity index (χ3v) is 3.71. The maximum atomic E-state index is 13.5. The maximum absolute atomic E-state index is 13.5. The Kier molecular flexibility index (Phi) is 3.42. The number of halogens is 2. The molecule has 0 amide bonds. The van der Waals surface area contributed by atoms with Gasteiger partial charge in [-0.25, -0.2) is 4.39 Å². The minimum absolute atomic E-state index is 0.321. The maximum Gasteiger partial charge on any atom is 0.187 e. The number of aryl methyl sites for hydroxylation is 1. The van der Waals surface area contributed by atoms with Gasteiger partial charge in [-0.05, 0) is 75.2 Å². The Labute approximate surface area is 128 Å². The predicted octanol–water partition coefficient (Wildman–Crippen LogP) is 3.12. The Hall–Kier alpha value is -2.28. The molecule has 1 heterocycles. The first kappa shape index (κ1) is 13.7. The molecule has 0 atom stereocenters. The fourth-order valence-corrected chi connectivity index (χ4v) is 2.36. The van der Waals surface area contributed by atoms with Crippen LogP contribution in [-0.4, -0.2) is 20.2 Å². The van der Waals surface area contributed by atoms with Gasteiger partial charge in [0.1, 0.15) is 5.82 Å². The van der Waals surface area contributed by atoms with E-state index in [-0.39, 0.29) is 5.82 Å². The summed E-state index contributed by atoms with van der Waals surface area (Å²) in [5.41, 5.74) is 8.62. The third kappa shape index (κ3) is 2.52. The van der Waals surface area contributed by atoms with Gasteiger partial charge in [-0.3, -0.25) is 0 Å². The molecule has 3 rings (SSSR count). The molecule has 0 aliphatic heterocycles. The molecule has 21 heavy (non-hydrogen) atoms. The molecule has 0 aliphatic rings. The molecule has 3 aromatic rings. The van der Waals surface area contributed by atoms with Gasteiger partial charge in [0.2, 0.25) is 0 Å². The van der Waals surface area contributed by atoms with Gasteiger partial charge in [0.05, 0.1) is 10.2 Å². The molecule has 106 valence electrons. The van der Waals surface area contributed by atoms with Crippen molar-refractivity contribution in [3.8, 4) is 17.1 Å². The zero-order valence-corrected chi connectivity index (χ0v) is 12.7. The number of hydrogen-bond acceptors (Lipinski definition) is 4. The molecule has 1 aromatic heterocycles. The van der Waals surface area contributed by atoms with Crippen molar-refractivity contribution in [2.45, 2.75) is 6.92 Å².